The van der Waals surface area contributed by atoms with Crippen molar-refractivity contribution in [3.8, 4) is 33.6 Å². The molecule has 0 aliphatic carbocycles. The Bertz CT molecular complexity index is 2160. The fourth-order valence-corrected chi connectivity index (χ4v) is 7.80. The van der Waals surface area contributed by atoms with Crippen LogP contribution < -0.4 is 5.73 Å². The number of hydrogen-bond donors (Lipinski definition) is 3. The van der Waals surface area contributed by atoms with E-state index < -0.39 is 6.04 Å². The second-order valence-electron chi connectivity index (χ2n) is 13.6. The maximum Gasteiger partial charge on any atom is 0.244 e. The van der Waals surface area contributed by atoms with Gasteiger partial charge in [-0.2, -0.15) is 0 Å². The standard InChI is InChI=1S/C42H40ClN7O2/c43-39-38(47-41(48-39)35-14-7-23-49(35)36(51)25-27-9-3-1-4-10-27)32-21-17-29(18-22-32)28-15-19-30(20-16-28)33-26-45-40(46-33)34-13-8-24-50(34)42(52)37(44)31-11-5-2-6-12-31/h1-6,9-12,15-22,26,34-35,37H,7-8,13-14,23-25,44H2,(H,45,46)(H,47,48). The third-order valence-electron chi connectivity index (χ3n) is 10.3. The smallest absolute Gasteiger partial charge is 0.244 e. The van der Waals surface area contributed by atoms with Gasteiger partial charge in [0.2, 0.25) is 11.8 Å². The lowest BCUT2D eigenvalue weighted by Crippen LogP contribution is -2.38. The van der Waals surface area contributed by atoms with Crippen molar-refractivity contribution in [2.75, 3.05) is 13.1 Å². The van der Waals surface area contributed by atoms with Crippen molar-refractivity contribution in [3.05, 3.63) is 143 Å². The first kappa shape index (κ1) is 33.6. The Balaban J connectivity index is 0.931. The summed E-state index contributed by atoms with van der Waals surface area (Å²) in [4.78, 5) is 46.7. The Morgan fingerprint density at radius 3 is 1.98 bits per heavy atom. The fourth-order valence-electron chi connectivity index (χ4n) is 7.55. The van der Waals surface area contributed by atoms with E-state index in [0.29, 0.717) is 30.4 Å². The largest absolute Gasteiger partial charge is 0.340 e. The molecule has 3 unspecified atom stereocenters. The van der Waals surface area contributed by atoms with Crippen molar-refractivity contribution in [1.29, 1.82) is 0 Å². The predicted octanol–water partition coefficient (Wildman–Crippen LogP) is 8.06. The van der Waals surface area contributed by atoms with E-state index in [1.54, 1.807) is 0 Å². The molecule has 3 atom stereocenters. The number of nitrogens with one attached hydrogen (secondary N) is 2. The van der Waals surface area contributed by atoms with Gasteiger partial charge < -0.3 is 25.5 Å². The van der Waals surface area contributed by atoms with Crippen LogP contribution in [0.25, 0.3) is 33.6 Å². The third kappa shape index (κ3) is 6.77. The predicted molar refractivity (Wildman–Crippen MR) is 203 cm³/mol. The van der Waals surface area contributed by atoms with Gasteiger partial charge in [0.05, 0.1) is 30.4 Å². The quantitative estimate of drug-likeness (QED) is 0.140. The second kappa shape index (κ2) is 14.6. The van der Waals surface area contributed by atoms with Crippen molar-refractivity contribution in [1.82, 2.24) is 29.7 Å². The normalized spacial score (nSPS) is 17.8. The molecule has 6 aromatic rings. The monoisotopic (exact) mass is 709 g/mol. The summed E-state index contributed by atoms with van der Waals surface area (Å²) in [6, 6.07) is 34.9. The van der Waals surface area contributed by atoms with Gasteiger partial charge >= 0.3 is 0 Å². The molecule has 2 saturated heterocycles. The minimum atomic E-state index is -0.697. The summed E-state index contributed by atoms with van der Waals surface area (Å²) in [7, 11) is 0. The van der Waals surface area contributed by atoms with Gasteiger partial charge in [-0.3, -0.25) is 9.59 Å². The molecule has 4 aromatic carbocycles. The maximum absolute atomic E-state index is 13.4. The summed E-state index contributed by atoms with van der Waals surface area (Å²) in [5.74, 6) is 1.52. The van der Waals surface area contributed by atoms with Crippen LogP contribution in [0.2, 0.25) is 5.15 Å². The maximum atomic E-state index is 13.4. The lowest BCUT2D eigenvalue weighted by Gasteiger charge is -2.26. The average Bonchev–Trinajstić information content (AvgIpc) is 4.02. The van der Waals surface area contributed by atoms with Gasteiger partial charge in [0.15, 0.2) is 0 Å². The number of aromatic nitrogens is 4. The topological polar surface area (TPSA) is 124 Å². The Hall–Kier alpha value is -5.51. The first-order valence-corrected chi connectivity index (χ1v) is 18.3. The van der Waals surface area contributed by atoms with Gasteiger partial charge in [0, 0.05) is 18.7 Å². The van der Waals surface area contributed by atoms with Crippen molar-refractivity contribution in [2.45, 2.75) is 50.2 Å². The Kier molecular flexibility index (Phi) is 9.45. The number of nitrogens with two attached hydrogens (primary N) is 1. The number of halogens is 1. The van der Waals surface area contributed by atoms with E-state index in [4.69, 9.17) is 27.3 Å². The van der Waals surface area contributed by atoms with Gasteiger partial charge in [0.25, 0.3) is 0 Å². The van der Waals surface area contributed by atoms with E-state index in [2.05, 4.69) is 46.4 Å². The van der Waals surface area contributed by atoms with Crippen LogP contribution in [0.15, 0.2) is 115 Å². The van der Waals surface area contributed by atoms with Crippen LogP contribution in [0.1, 0.15) is 66.6 Å². The summed E-state index contributed by atoms with van der Waals surface area (Å²) >= 11 is 6.70. The van der Waals surface area contributed by atoms with Crippen molar-refractivity contribution < 1.29 is 9.59 Å². The van der Waals surface area contributed by atoms with Gasteiger partial charge in [-0.25, -0.2) is 9.97 Å². The van der Waals surface area contributed by atoms with Crippen molar-refractivity contribution in [2.24, 2.45) is 5.73 Å². The van der Waals surface area contributed by atoms with Crippen LogP contribution in [-0.4, -0.2) is 54.6 Å². The zero-order valence-corrected chi connectivity index (χ0v) is 29.5. The summed E-state index contributed by atoms with van der Waals surface area (Å²) in [5, 5.41) is 0.470. The number of hydrogen-bond acceptors (Lipinski definition) is 5. The van der Waals surface area contributed by atoms with E-state index in [1.807, 2.05) is 88.8 Å². The molecule has 2 fully saturated rings. The number of carbonyl (C=O) groups excluding carboxylic acids is 2. The molecule has 10 heteroatoms. The summed E-state index contributed by atoms with van der Waals surface area (Å²) in [5.41, 5.74) is 13.8. The summed E-state index contributed by atoms with van der Waals surface area (Å²) in [6.07, 6.45) is 5.73. The molecule has 0 saturated carbocycles. The van der Waals surface area contributed by atoms with Crippen LogP contribution in [0.3, 0.4) is 0 Å². The highest BCUT2D eigenvalue weighted by molar-refractivity contribution is 6.31. The zero-order chi connectivity index (χ0) is 35.6. The first-order valence-electron chi connectivity index (χ1n) is 17.9. The third-order valence-corrected chi connectivity index (χ3v) is 10.6. The number of aromatic amines is 2. The molecule has 9 nitrogen and oxygen atoms in total. The molecule has 2 aliphatic rings. The molecule has 2 amide bonds. The van der Waals surface area contributed by atoms with Gasteiger partial charge in [-0.1, -0.05) is 121 Å². The number of imidazole rings is 2. The van der Waals surface area contributed by atoms with Crippen LogP contribution in [-0.2, 0) is 16.0 Å². The molecule has 262 valence electrons. The minimum absolute atomic E-state index is 0.0801. The Labute approximate surface area is 307 Å². The molecule has 4 heterocycles. The minimum Gasteiger partial charge on any atom is -0.340 e. The van der Waals surface area contributed by atoms with E-state index >= 15 is 0 Å². The second-order valence-corrected chi connectivity index (χ2v) is 14.0. The van der Waals surface area contributed by atoms with E-state index in [9.17, 15) is 9.59 Å². The van der Waals surface area contributed by atoms with Gasteiger partial charge in [-0.05, 0) is 53.5 Å². The number of H-pyrrole nitrogens is 2. The molecule has 0 radical (unpaired) electrons. The summed E-state index contributed by atoms with van der Waals surface area (Å²) < 4.78 is 0. The van der Waals surface area contributed by atoms with Crippen LogP contribution in [0, 0.1) is 0 Å². The van der Waals surface area contributed by atoms with Crippen molar-refractivity contribution >= 4 is 23.4 Å². The number of benzene rings is 4. The van der Waals surface area contributed by atoms with Gasteiger partial charge in [0.1, 0.15) is 28.5 Å². The lowest BCUT2D eigenvalue weighted by atomic mass is 10.0. The molecular weight excluding hydrogens is 670 g/mol. The number of rotatable bonds is 9. The molecule has 2 aromatic heterocycles. The highest BCUT2D eigenvalue weighted by Gasteiger charge is 2.35. The molecule has 0 bridgehead atoms. The number of amides is 2. The van der Waals surface area contributed by atoms with E-state index in [-0.39, 0.29) is 23.9 Å². The van der Waals surface area contributed by atoms with E-state index in [1.165, 1.54) is 0 Å². The number of nitrogens with zero attached hydrogens (tertiary/aromatic N) is 4. The lowest BCUT2D eigenvalue weighted by molar-refractivity contribution is -0.134. The van der Waals surface area contributed by atoms with E-state index in [0.717, 1.165) is 76.4 Å². The van der Waals surface area contributed by atoms with Crippen LogP contribution in [0.4, 0.5) is 0 Å². The number of likely N-dealkylation sites (tertiary alicyclic amines) is 2. The number of carbonyl (C=O) groups is 2. The molecule has 4 N–H and O–H groups in total. The van der Waals surface area contributed by atoms with Gasteiger partial charge in [-0.15, -0.1) is 0 Å². The molecule has 52 heavy (non-hydrogen) atoms. The Morgan fingerprint density at radius 2 is 1.31 bits per heavy atom. The highest BCUT2D eigenvalue weighted by atomic mass is 35.5. The SMILES string of the molecule is NC(C(=O)N1CCCC1c1ncc(-c2ccc(-c3ccc(-c4nc(C5CCCN5C(=O)Cc5ccccc5)[nH]c4Cl)cc3)cc2)[nH]1)c1ccccc1. The Morgan fingerprint density at radius 1 is 0.731 bits per heavy atom. The average molecular weight is 710 g/mol. The zero-order valence-electron chi connectivity index (χ0n) is 28.7. The summed E-state index contributed by atoms with van der Waals surface area (Å²) in [6.45, 7) is 1.37. The first-order chi connectivity index (χ1) is 25.4. The molecular formula is C42H40ClN7O2. The van der Waals surface area contributed by atoms with Crippen LogP contribution in [0.5, 0.6) is 0 Å². The van der Waals surface area contributed by atoms with Crippen molar-refractivity contribution in [3.63, 3.8) is 0 Å². The fraction of sp³-hybridized carbons (Fsp3) is 0.238. The molecule has 2 aliphatic heterocycles. The highest BCUT2D eigenvalue weighted by Crippen LogP contribution is 2.37. The van der Waals surface area contributed by atoms with Crippen LogP contribution >= 0.6 is 11.6 Å². The molecule has 0 spiro atoms. The molecule has 8 rings (SSSR count).